The Labute approximate surface area is 45.1 Å². The van der Waals surface area contributed by atoms with E-state index in [9.17, 15) is 0 Å². The quantitative estimate of drug-likeness (QED) is 0.490. The average Bonchev–Trinajstić information content (AvgIpc) is 1.35. The Bertz CT molecular complexity index is 63.7. The Hall–Kier alpha value is -0.0305. The molecule has 1 atom stereocenters. The molecule has 0 saturated carbocycles. The van der Waals surface area contributed by atoms with Crippen molar-refractivity contribution in [1.29, 1.82) is 5.26 Å². The SMILES string of the molecule is N#CCC(N)[SeH]. The van der Waals surface area contributed by atoms with Crippen LogP contribution in [0.3, 0.4) is 0 Å². The Morgan fingerprint density at radius 2 is 2.50 bits per heavy atom. The molecule has 0 bridgehead atoms. The number of rotatable bonds is 1. The molecule has 0 spiro atoms. The van der Waals surface area contributed by atoms with Gasteiger partial charge in [-0.15, -0.1) is 0 Å². The first kappa shape index (κ1) is 5.97. The van der Waals surface area contributed by atoms with Crippen LogP contribution in [-0.2, 0) is 0 Å². The fourth-order valence-corrected chi connectivity index (χ4v) is 0.265. The Balaban J connectivity index is 2.88. The predicted octanol–water partition coefficient (Wildman–Crippen LogP) is -0.914. The number of hydrogen-bond donors (Lipinski definition) is 1. The van der Waals surface area contributed by atoms with Crippen LogP contribution >= 0.6 is 0 Å². The third-order valence-corrected chi connectivity index (χ3v) is 0.683. The van der Waals surface area contributed by atoms with Crippen LogP contribution in [0.25, 0.3) is 0 Å². The third kappa shape index (κ3) is 3.97. The van der Waals surface area contributed by atoms with Crippen LogP contribution in [0.4, 0.5) is 0 Å². The van der Waals surface area contributed by atoms with Crippen molar-refractivity contribution < 1.29 is 0 Å². The molecule has 0 fully saturated rings. The Morgan fingerprint density at radius 1 is 2.00 bits per heavy atom. The van der Waals surface area contributed by atoms with Crippen molar-refractivity contribution >= 4 is 16.0 Å². The molecule has 2 N–H and O–H groups in total. The predicted molar refractivity (Wildman–Crippen MR) is 25.4 cm³/mol. The van der Waals surface area contributed by atoms with E-state index in [0.717, 1.165) is 0 Å². The molecule has 0 aromatic rings. The summed E-state index contributed by atoms with van der Waals surface area (Å²) in [5.41, 5.74) is 5.15. The van der Waals surface area contributed by atoms with Crippen LogP contribution in [0, 0.1) is 11.3 Å². The summed E-state index contributed by atoms with van der Waals surface area (Å²) in [4.78, 5) is -0.0255. The third-order valence-electron chi connectivity index (χ3n) is 0.300. The van der Waals surface area contributed by atoms with Crippen molar-refractivity contribution in [3.8, 4) is 6.07 Å². The van der Waals surface area contributed by atoms with Gasteiger partial charge in [0.1, 0.15) is 0 Å². The molecule has 0 saturated heterocycles. The average molecular weight is 149 g/mol. The molecule has 0 aliphatic heterocycles. The summed E-state index contributed by atoms with van der Waals surface area (Å²) < 4.78 is 0. The molecule has 0 aliphatic rings. The first-order valence-electron chi connectivity index (χ1n) is 1.58. The first-order valence-corrected chi connectivity index (χ1v) is 2.66. The van der Waals surface area contributed by atoms with Crippen LogP contribution in [-0.4, -0.2) is 21.0 Å². The Kier molecular flexibility index (Phi) is 3.15. The molecule has 0 radical (unpaired) electrons. The van der Waals surface area contributed by atoms with Crippen molar-refractivity contribution in [2.24, 2.45) is 5.73 Å². The van der Waals surface area contributed by atoms with Crippen molar-refractivity contribution in [3.63, 3.8) is 0 Å². The van der Waals surface area contributed by atoms with E-state index in [0.29, 0.717) is 6.42 Å². The van der Waals surface area contributed by atoms with Crippen molar-refractivity contribution in [3.05, 3.63) is 0 Å². The van der Waals surface area contributed by atoms with Crippen LogP contribution in [0.1, 0.15) is 6.42 Å². The molecule has 34 valence electrons. The molecule has 3 heteroatoms. The molecule has 6 heavy (non-hydrogen) atoms. The second kappa shape index (κ2) is 3.17. The summed E-state index contributed by atoms with van der Waals surface area (Å²) in [7, 11) is 0. The molecule has 0 rings (SSSR count). The topological polar surface area (TPSA) is 49.8 Å². The van der Waals surface area contributed by atoms with Crippen LogP contribution in [0.15, 0.2) is 0 Å². The summed E-state index contributed by atoms with van der Waals surface area (Å²) in [6.45, 7) is 0. The van der Waals surface area contributed by atoms with Crippen molar-refractivity contribution in [2.45, 2.75) is 11.4 Å². The minimum absolute atomic E-state index is 0.0255. The van der Waals surface area contributed by atoms with Gasteiger partial charge in [-0.3, -0.25) is 0 Å². The van der Waals surface area contributed by atoms with Gasteiger partial charge in [-0.2, -0.15) is 0 Å². The van der Waals surface area contributed by atoms with Gasteiger partial charge < -0.3 is 0 Å². The summed E-state index contributed by atoms with van der Waals surface area (Å²) in [6, 6.07) is 1.93. The van der Waals surface area contributed by atoms with E-state index in [1.54, 1.807) is 0 Å². The summed E-state index contributed by atoms with van der Waals surface area (Å²) in [5.74, 6) is 0. The van der Waals surface area contributed by atoms with Gasteiger partial charge in [-0.05, 0) is 0 Å². The molecular formula is C3H6N2Se. The molecule has 0 heterocycles. The number of nitrogens with zero attached hydrogens (tertiary/aromatic N) is 1. The Morgan fingerprint density at radius 3 is 2.50 bits per heavy atom. The first-order chi connectivity index (χ1) is 2.77. The minimum atomic E-state index is -0.0255. The van der Waals surface area contributed by atoms with Crippen molar-refractivity contribution in [1.82, 2.24) is 0 Å². The van der Waals surface area contributed by atoms with E-state index in [1.165, 1.54) is 0 Å². The van der Waals surface area contributed by atoms with Gasteiger partial charge in [0, 0.05) is 0 Å². The van der Waals surface area contributed by atoms with Gasteiger partial charge in [-0.25, -0.2) is 0 Å². The molecule has 0 aliphatic carbocycles. The number of hydrogen-bond acceptors (Lipinski definition) is 2. The van der Waals surface area contributed by atoms with Gasteiger partial charge in [0.15, 0.2) is 0 Å². The maximum atomic E-state index is 7.90. The van der Waals surface area contributed by atoms with E-state index in [2.05, 4.69) is 16.0 Å². The molecule has 2 nitrogen and oxygen atoms in total. The zero-order valence-electron chi connectivity index (χ0n) is 3.26. The zero-order chi connectivity index (χ0) is 4.99. The molecule has 1 unspecified atom stereocenters. The standard InChI is InChI=1S/C3H6N2Se/c4-2-1-3(5)6/h3,6H,1,5H2. The van der Waals surface area contributed by atoms with E-state index in [4.69, 9.17) is 11.0 Å². The normalized spacial score (nSPS) is 12.8. The van der Waals surface area contributed by atoms with E-state index < -0.39 is 0 Å². The number of nitrogens with two attached hydrogens (primary N) is 1. The van der Waals surface area contributed by atoms with E-state index >= 15 is 0 Å². The van der Waals surface area contributed by atoms with Gasteiger partial charge in [0.2, 0.25) is 0 Å². The fraction of sp³-hybridized carbons (Fsp3) is 0.667. The summed E-state index contributed by atoms with van der Waals surface area (Å²) in [6.07, 6.45) is 0.431. The van der Waals surface area contributed by atoms with Crippen LogP contribution in [0.5, 0.6) is 0 Å². The van der Waals surface area contributed by atoms with Crippen LogP contribution < -0.4 is 5.73 Å². The number of nitriles is 1. The monoisotopic (exact) mass is 150 g/mol. The van der Waals surface area contributed by atoms with E-state index in [-0.39, 0.29) is 4.94 Å². The molecule has 0 aromatic carbocycles. The molecule has 0 amide bonds. The van der Waals surface area contributed by atoms with Gasteiger partial charge in [-0.1, -0.05) is 0 Å². The van der Waals surface area contributed by atoms with Crippen LogP contribution in [0.2, 0.25) is 0 Å². The zero-order valence-corrected chi connectivity index (χ0v) is 5.13. The fourth-order valence-electron chi connectivity index (χ4n) is 0.0935. The van der Waals surface area contributed by atoms with Gasteiger partial charge in [0.05, 0.1) is 0 Å². The van der Waals surface area contributed by atoms with E-state index in [1.807, 2.05) is 6.07 Å². The summed E-state index contributed by atoms with van der Waals surface area (Å²) >= 11 is 2.20. The second-order valence-corrected chi connectivity index (χ2v) is 2.32. The summed E-state index contributed by atoms with van der Waals surface area (Å²) in [5, 5.41) is 7.90. The molecule has 0 aromatic heterocycles. The van der Waals surface area contributed by atoms with Crippen molar-refractivity contribution in [2.75, 3.05) is 0 Å². The second-order valence-electron chi connectivity index (χ2n) is 0.930. The molecular weight excluding hydrogens is 143 g/mol. The van der Waals surface area contributed by atoms with Gasteiger partial charge >= 0.3 is 44.4 Å². The van der Waals surface area contributed by atoms with Gasteiger partial charge in [0.25, 0.3) is 0 Å². The maximum absolute atomic E-state index is 7.90.